The van der Waals surface area contributed by atoms with Crippen molar-refractivity contribution in [1.82, 2.24) is 15.5 Å². The van der Waals surface area contributed by atoms with E-state index in [1.165, 1.54) is 5.56 Å². The smallest absolute Gasteiger partial charge is 0.125 e. The lowest BCUT2D eigenvalue weighted by atomic mass is 10.1. The summed E-state index contributed by atoms with van der Waals surface area (Å²) in [5.74, 6) is 0.927. The Kier molecular flexibility index (Phi) is 5.00. The molecule has 0 amide bonds. The van der Waals surface area contributed by atoms with Gasteiger partial charge in [-0.25, -0.2) is 0 Å². The maximum absolute atomic E-state index is 5.47. The molecule has 5 heteroatoms. The van der Waals surface area contributed by atoms with Crippen molar-refractivity contribution in [2.24, 2.45) is 0 Å². The van der Waals surface area contributed by atoms with Crippen molar-refractivity contribution in [3.63, 3.8) is 0 Å². The van der Waals surface area contributed by atoms with Crippen LogP contribution in [0.4, 0.5) is 0 Å². The van der Waals surface area contributed by atoms with Crippen molar-refractivity contribution in [2.45, 2.75) is 6.17 Å². The van der Waals surface area contributed by atoms with Gasteiger partial charge in [-0.1, -0.05) is 15.9 Å². The lowest BCUT2D eigenvalue weighted by Gasteiger charge is -2.35. The Balaban J connectivity index is 2.27. The normalized spacial score (nSPS) is 18.6. The van der Waals surface area contributed by atoms with E-state index in [9.17, 15) is 0 Å². The second kappa shape index (κ2) is 6.52. The molecule has 1 saturated heterocycles. The standard InChI is InChI=1S/C13H20BrN3O/c1-15-13(17-7-5-16-6-8-17)11-9-10(14)3-4-12(11)18-2/h3-4,9,13,15-16H,5-8H2,1-2H3. The Labute approximate surface area is 117 Å². The van der Waals surface area contributed by atoms with E-state index in [1.807, 2.05) is 19.2 Å². The molecule has 0 radical (unpaired) electrons. The van der Waals surface area contributed by atoms with Gasteiger partial charge < -0.3 is 15.4 Å². The third-order valence-corrected chi connectivity index (χ3v) is 3.77. The summed E-state index contributed by atoms with van der Waals surface area (Å²) in [6.45, 7) is 4.16. The van der Waals surface area contributed by atoms with Crippen molar-refractivity contribution < 1.29 is 4.74 Å². The third kappa shape index (κ3) is 3.03. The van der Waals surface area contributed by atoms with Crippen LogP contribution in [0.25, 0.3) is 0 Å². The molecule has 4 nitrogen and oxygen atoms in total. The molecule has 0 aromatic heterocycles. The average Bonchev–Trinajstić information content (AvgIpc) is 2.41. The van der Waals surface area contributed by atoms with Crippen LogP contribution in [-0.4, -0.2) is 45.2 Å². The maximum Gasteiger partial charge on any atom is 0.125 e. The van der Waals surface area contributed by atoms with Gasteiger partial charge >= 0.3 is 0 Å². The van der Waals surface area contributed by atoms with Crippen LogP contribution >= 0.6 is 15.9 Å². The highest BCUT2D eigenvalue weighted by Gasteiger charge is 2.23. The van der Waals surface area contributed by atoms with E-state index in [0.29, 0.717) is 0 Å². The first-order valence-electron chi connectivity index (χ1n) is 6.21. The molecule has 1 aromatic rings. The van der Waals surface area contributed by atoms with E-state index in [0.717, 1.165) is 36.4 Å². The Morgan fingerprint density at radius 2 is 2.11 bits per heavy atom. The van der Waals surface area contributed by atoms with Crippen LogP contribution in [0.5, 0.6) is 5.75 Å². The topological polar surface area (TPSA) is 36.5 Å². The van der Waals surface area contributed by atoms with E-state index < -0.39 is 0 Å². The molecule has 0 saturated carbocycles. The van der Waals surface area contributed by atoms with E-state index in [1.54, 1.807) is 7.11 Å². The molecule has 0 bridgehead atoms. The second-order valence-electron chi connectivity index (χ2n) is 4.36. The van der Waals surface area contributed by atoms with Gasteiger partial charge in [-0.2, -0.15) is 0 Å². The number of piperazine rings is 1. The fourth-order valence-corrected chi connectivity index (χ4v) is 2.77. The number of ether oxygens (including phenoxy) is 1. The summed E-state index contributed by atoms with van der Waals surface area (Å²) in [4.78, 5) is 2.43. The molecule has 18 heavy (non-hydrogen) atoms. The first kappa shape index (κ1) is 13.8. The SMILES string of the molecule is CNC(c1cc(Br)ccc1OC)N1CCNCC1. The fourth-order valence-electron chi connectivity index (χ4n) is 2.39. The summed E-state index contributed by atoms with van der Waals surface area (Å²) in [6.07, 6.45) is 0.194. The van der Waals surface area contributed by atoms with E-state index in [2.05, 4.69) is 37.5 Å². The molecular weight excluding hydrogens is 294 g/mol. The molecule has 1 heterocycles. The lowest BCUT2D eigenvalue weighted by Crippen LogP contribution is -2.48. The van der Waals surface area contributed by atoms with Crippen LogP contribution in [0.1, 0.15) is 11.7 Å². The third-order valence-electron chi connectivity index (χ3n) is 3.28. The highest BCUT2D eigenvalue weighted by Crippen LogP contribution is 2.30. The molecule has 2 N–H and O–H groups in total. The first-order valence-corrected chi connectivity index (χ1v) is 7.01. The van der Waals surface area contributed by atoms with Crippen LogP contribution in [0.2, 0.25) is 0 Å². The number of nitrogens with zero attached hydrogens (tertiary/aromatic N) is 1. The number of nitrogens with one attached hydrogen (secondary N) is 2. The van der Waals surface area contributed by atoms with Gasteiger partial charge in [0.05, 0.1) is 13.3 Å². The van der Waals surface area contributed by atoms with Crippen LogP contribution in [0.3, 0.4) is 0 Å². The van der Waals surface area contributed by atoms with Gasteiger partial charge in [-0.05, 0) is 25.2 Å². The van der Waals surface area contributed by atoms with Gasteiger partial charge in [0.25, 0.3) is 0 Å². The lowest BCUT2D eigenvalue weighted by molar-refractivity contribution is 0.150. The zero-order valence-electron chi connectivity index (χ0n) is 10.9. The number of hydrogen-bond donors (Lipinski definition) is 2. The summed E-state index contributed by atoms with van der Waals surface area (Å²) in [5, 5.41) is 6.76. The predicted octanol–water partition coefficient (Wildman–Crippen LogP) is 1.58. The Bertz CT molecular complexity index is 394. The van der Waals surface area contributed by atoms with E-state index in [-0.39, 0.29) is 6.17 Å². The molecule has 1 aliphatic heterocycles. The fraction of sp³-hybridized carbons (Fsp3) is 0.538. The van der Waals surface area contributed by atoms with Gasteiger partial charge in [0.1, 0.15) is 5.75 Å². The zero-order chi connectivity index (χ0) is 13.0. The largest absolute Gasteiger partial charge is 0.496 e. The molecular formula is C13H20BrN3O. The van der Waals surface area contributed by atoms with Crippen LogP contribution in [0, 0.1) is 0 Å². The second-order valence-corrected chi connectivity index (χ2v) is 5.28. The van der Waals surface area contributed by atoms with E-state index >= 15 is 0 Å². The van der Waals surface area contributed by atoms with Gasteiger partial charge in [-0.3, -0.25) is 4.90 Å². The summed E-state index contributed by atoms with van der Waals surface area (Å²) in [6, 6.07) is 6.14. The van der Waals surface area contributed by atoms with E-state index in [4.69, 9.17) is 4.74 Å². The minimum atomic E-state index is 0.194. The zero-order valence-corrected chi connectivity index (χ0v) is 12.5. The van der Waals surface area contributed by atoms with Gasteiger partial charge in [-0.15, -0.1) is 0 Å². The van der Waals surface area contributed by atoms with Gasteiger partial charge in [0.2, 0.25) is 0 Å². The van der Waals surface area contributed by atoms with Crippen molar-refractivity contribution in [1.29, 1.82) is 0 Å². The Hall–Kier alpha value is -0.620. The monoisotopic (exact) mass is 313 g/mol. The van der Waals surface area contributed by atoms with Crippen LogP contribution in [-0.2, 0) is 0 Å². The minimum Gasteiger partial charge on any atom is -0.496 e. The molecule has 0 spiro atoms. The van der Waals surface area contributed by atoms with Crippen molar-refractivity contribution in [2.75, 3.05) is 40.3 Å². The Morgan fingerprint density at radius 1 is 1.39 bits per heavy atom. The summed E-state index contributed by atoms with van der Waals surface area (Å²) in [7, 11) is 3.71. The highest BCUT2D eigenvalue weighted by molar-refractivity contribution is 9.10. The molecule has 2 rings (SSSR count). The predicted molar refractivity (Wildman–Crippen MR) is 76.9 cm³/mol. The molecule has 1 unspecified atom stereocenters. The molecule has 0 aliphatic carbocycles. The maximum atomic E-state index is 5.47. The first-order chi connectivity index (χ1) is 8.76. The molecule has 1 fully saturated rings. The number of halogens is 1. The Morgan fingerprint density at radius 3 is 2.72 bits per heavy atom. The van der Waals surface area contributed by atoms with Crippen molar-refractivity contribution in [3.8, 4) is 5.75 Å². The van der Waals surface area contributed by atoms with Crippen LogP contribution in [0.15, 0.2) is 22.7 Å². The summed E-state index contributed by atoms with van der Waals surface area (Å²) in [5.41, 5.74) is 1.18. The molecule has 1 aromatic carbocycles. The molecule has 1 atom stereocenters. The highest BCUT2D eigenvalue weighted by atomic mass is 79.9. The number of methoxy groups -OCH3 is 1. The van der Waals surface area contributed by atoms with Crippen molar-refractivity contribution >= 4 is 15.9 Å². The molecule has 1 aliphatic rings. The summed E-state index contributed by atoms with van der Waals surface area (Å²) < 4.78 is 6.55. The van der Waals surface area contributed by atoms with Crippen molar-refractivity contribution in [3.05, 3.63) is 28.2 Å². The number of benzene rings is 1. The van der Waals surface area contributed by atoms with Crippen LogP contribution < -0.4 is 15.4 Å². The molecule has 100 valence electrons. The van der Waals surface area contributed by atoms with Gasteiger partial charge in [0, 0.05) is 36.2 Å². The average molecular weight is 314 g/mol. The summed E-state index contributed by atoms with van der Waals surface area (Å²) >= 11 is 3.53. The minimum absolute atomic E-state index is 0.194. The van der Waals surface area contributed by atoms with Gasteiger partial charge in [0.15, 0.2) is 0 Å². The number of rotatable bonds is 4. The number of hydrogen-bond acceptors (Lipinski definition) is 4. The quantitative estimate of drug-likeness (QED) is 0.885.